The molecular weight excluding hydrogens is 434 g/mol. The fraction of sp³-hybridized carbons (Fsp3) is 0.538. The van der Waals surface area contributed by atoms with E-state index in [1.807, 2.05) is 0 Å². The topological polar surface area (TPSA) is 72.9 Å². The monoisotopic (exact) mass is 467 g/mol. The summed E-state index contributed by atoms with van der Waals surface area (Å²) in [6.07, 6.45) is 3.37. The number of aliphatic carboxylic acids is 1. The molecule has 33 heavy (non-hydrogen) atoms. The summed E-state index contributed by atoms with van der Waals surface area (Å²) in [7, 11) is 0. The Morgan fingerprint density at radius 2 is 1.70 bits per heavy atom. The van der Waals surface area contributed by atoms with Crippen LogP contribution in [0.2, 0.25) is 0 Å². The van der Waals surface area contributed by atoms with Gasteiger partial charge in [0.25, 0.3) is 5.91 Å². The van der Waals surface area contributed by atoms with Crippen LogP contribution in [0.5, 0.6) is 0 Å². The quantitative estimate of drug-likeness (QED) is 0.670. The van der Waals surface area contributed by atoms with Crippen molar-refractivity contribution in [1.82, 2.24) is 10.2 Å². The summed E-state index contributed by atoms with van der Waals surface area (Å²) in [6, 6.07) is 10.7. The van der Waals surface area contributed by atoms with E-state index in [2.05, 4.69) is 59.3 Å². The van der Waals surface area contributed by atoms with Gasteiger partial charge in [0.15, 0.2) is 0 Å². The highest BCUT2D eigenvalue weighted by Gasteiger charge is 2.55. The van der Waals surface area contributed by atoms with E-state index >= 15 is 0 Å². The summed E-state index contributed by atoms with van der Waals surface area (Å²) >= 11 is 1.72. The van der Waals surface area contributed by atoms with E-state index in [9.17, 15) is 9.59 Å². The molecule has 2 N–H and O–H groups in total. The van der Waals surface area contributed by atoms with E-state index < -0.39 is 5.97 Å². The zero-order valence-electron chi connectivity index (χ0n) is 19.5. The van der Waals surface area contributed by atoms with Crippen molar-refractivity contribution in [2.45, 2.75) is 52.1 Å². The van der Waals surface area contributed by atoms with Gasteiger partial charge in [0.05, 0.1) is 11.5 Å². The summed E-state index contributed by atoms with van der Waals surface area (Å²) in [4.78, 5) is 31.6. The molecule has 176 valence electrons. The fourth-order valence-electron chi connectivity index (χ4n) is 6.08. The first-order valence-corrected chi connectivity index (χ1v) is 12.8. The lowest BCUT2D eigenvalue weighted by Gasteiger charge is -2.56. The SMILES string of the molecule is Cc1sc(C)c(C(=O)NC2CC3(C2)CC(C(=O)O)C3)c1CN1CCN(c2ccccc2)CC1. The second-order valence-electron chi connectivity index (χ2n) is 10.2. The van der Waals surface area contributed by atoms with Crippen LogP contribution in [0, 0.1) is 25.2 Å². The number of hydrogen-bond donors (Lipinski definition) is 2. The average Bonchev–Trinajstić information content (AvgIpc) is 3.02. The first-order valence-electron chi connectivity index (χ1n) is 12.0. The van der Waals surface area contributed by atoms with Gasteiger partial charge in [-0.2, -0.15) is 0 Å². The molecule has 2 saturated carbocycles. The van der Waals surface area contributed by atoms with Gasteiger partial charge in [0.1, 0.15) is 0 Å². The molecule has 5 rings (SSSR count). The number of hydrogen-bond acceptors (Lipinski definition) is 5. The summed E-state index contributed by atoms with van der Waals surface area (Å²) < 4.78 is 0. The normalized spacial score (nSPS) is 27.2. The highest BCUT2D eigenvalue weighted by molar-refractivity contribution is 7.12. The molecule has 2 aromatic rings. The van der Waals surface area contributed by atoms with Crippen molar-refractivity contribution in [3.63, 3.8) is 0 Å². The number of benzene rings is 1. The van der Waals surface area contributed by atoms with Crippen LogP contribution in [0.3, 0.4) is 0 Å². The molecule has 1 amide bonds. The summed E-state index contributed by atoms with van der Waals surface area (Å²) in [5.74, 6) is -0.812. The van der Waals surface area contributed by atoms with E-state index in [1.54, 1.807) is 11.3 Å². The van der Waals surface area contributed by atoms with Crippen molar-refractivity contribution in [3.05, 3.63) is 51.2 Å². The highest BCUT2D eigenvalue weighted by Crippen LogP contribution is 2.58. The maximum Gasteiger partial charge on any atom is 0.306 e. The Labute approximate surface area is 199 Å². The van der Waals surface area contributed by atoms with Crippen LogP contribution in [0.15, 0.2) is 30.3 Å². The van der Waals surface area contributed by atoms with Gasteiger partial charge in [-0.1, -0.05) is 18.2 Å². The Morgan fingerprint density at radius 1 is 1.03 bits per heavy atom. The molecule has 2 aliphatic carbocycles. The molecular formula is C26H33N3O3S. The number of para-hydroxylation sites is 1. The van der Waals surface area contributed by atoms with Crippen molar-refractivity contribution in [1.29, 1.82) is 0 Å². The number of rotatable bonds is 6. The lowest BCUT2D eigenvalue weighted by Crippen LogP contribution is -2.57. The van der Waals surface area contributed by atoms with Crippen LogP contribution in [0.25, 0.3) is 0 Å². The maximum atomic E-state index is 13.2. The standard InChI is InChI=1S/C26H33N3O3S/c1-17-22(16-28-8-10-29(11-9-28)21-6-4-3-5-7-21)23(18(2)33-17)24(30)27-20-14-26(15-20)12-19(13-26)25(31)32/h3-7,19-20H,8-16H2,1-2H3,(H,27,30)(H,31,32). The van der Waals surface area contributed by atoms with E-state index in [1.165, 1.54) is 16.1 Å². The molecule has 1 aromatic carbocycles. The van der Waals surface area contributed by atoms with E-state index in [0.717, 1.165) is 68.8 Å². The molecule has 0 atom stereocenters. The predicted molar refractivity (Wildman–Crippen MR) is 131 cm³/mol. The molecule has 3 fully saturated rings. The highest BCUT2D eigenvalue weighted by atomic mass is 32.1. The molecule has 0 unspecified atom stereocenters. The first-order chi connectivity index (χ1) is 15.8. The molecule has 3 aliphatic rings. The second-order valence-corrected chi connectivity index (χ2v) is 11.6. The summed E-state index contributed by atoms with van der Waals surface area (Å²) in [5.41, 5.74) is 3.48. The summed E-state index contributed by atoms with van der Waals surface area (Å²) in [6.45, 7) is 8.96. The molecule has 7 heteroatoms. The van der Waals surface area contributed by atoms with Crippen LogP contribution in [0.4, 0.5) is 5.69 Å². The molecule has 6 nitrogen and oxygen atoms in total. The van der Waals surface area contributed by atoms with Crippen molar-refractivity contribution in [2.24, 2.45) is 11.3 Å². The number of amides is 1. The number of carboxylic acid groups (broad SMARTS) is 1. The van der Waals surface area contributed by atoms with Crippen molar-refractivity contribution >= 4 is 28.9 Å². The van der Waals surface area contributed by atoms with Crippen LogP contribution in [0.1, 0.15) is 51.4 Å². The van der Waals surface area contributed by atoms with Crippen LogP contribution < -0.4 is 10.2 Å². The van der Waals surface area contributed by atoms with Gasteiger partial charge < -0.3 is 15.3 Å². The first kappa shape index (κ1) is 22.4. The van der Waals surface area contributed by atoms with Gasteiger partial charge in [-0.05, 0) is 62.6 Å². The van der Waals surface area contributed by atoms with E-state index in [0.29, 0.717) is 0 Å². The summed E-state index contributed by atoms with van der Waals surface area (Å²) in [5, 5.41) is 12.4. The Bertz CT molecular complexity index is 1030. The van der Waals surface area contributed by atoms with E-state index in [-0.39, 0.29) is 23.3 Å². The third-order valence-corrected chi connectivity index (χ3v) is 8.95. The Morgan fingerprint density at radius 3 is 2.33 bits per heavy atom. The minimum Gasteiger partial charge on any atom is -0.481 e. The molecule has 1 spiro atoms. The molecule has 1 aliphatic heterocycles. The lowest BCUT2D eigenvalue weighted by molar-refractivity contribution is -0.155. The number of carbonyl (C=O) groups excluding carboxylic acids is 1. The maximum absolute atomic E-state index is 13.2. The molecule has 1 saturated heterocycles. The molecule has 0 bridgehead atoms. The Balaban J connectivity index is 1.18. The number of piperazine rings is 1. The number of nitrogens with zero attached hydrogens (tertiary/aromatic N) is 2. The minimum atomic E-state index is -0.674. The molecule has 0 radical (unpaired) electrons. The van der Waals surface area contributed by atoms with Gasteiger partial charge >= 0.3 is 5.97 Å². The third-order valence-electron chi connectivity index (χ3n) is 7.89. The van der Waals surface area contributed by atoms with Crippen molar-refractivity contribution < 1.29 is 14.7 Å². The van der Waals surface area contributed by atoms with Crippen molar-refractivity contribution in [2.75, 3.05) is 31.1 Å². The predicted octanol–water partition coefficient (Wildman–Crippen LogP) is 4.06. The molecule has 1 aromatic heterocycles. The zero-order valence-corrected chi connectivity index (χ0v) is 20.3. The zero-order chi connectivity index (χ0) is 23.2. The number of nitrogens with one attached hydrogen (secondary N) is 1. The van der Waals surface area contributed by atoms with Gasteiger partial charge in [-0.25, -0.2) is 0 Å². The smallest absolute Gasteiger partial charge is 0.306 e. The number of thiophene rings is 1. The van der Waals surface area contributed by atoms with Gasteiger partial charge in [0, 0.05) is 54.2 Å². The van der Waals surface area contributed by atoms with E-state index in [4.69, 9.17) is 5.11 Å². The van der Waals surface area contributed by atoms with Gasteiger partial charge in [-0.3, -0.25) is 14.5 Å². The number of carboxylic acids is 1. The van der Waals surface area contributed by atoms with Crippen LogP contribution in [-0.2, 0) is 11.3 Å². The largest absolute Gasteiger partial charge is 0.481 e. The lowest BCUT2D eigenvalue weighted by atomic mass is 9.50. The average molecular weight is 468 g/mol. The van der Waals surface area contributed by atoms with Gasteiger partial charge in [-0.15, -0.1) is 11.3 Å². The van der Waals surface area contributed by atoms with Crippen molar-refractivity contribution in [3.8, 4) is 0 Å². The Kier molecular flexibility index (Phi) is 5.95. The minimum absolute atomic E-state index is 0.0451. The third kappa shape index (κ3) is 4.41. The second kappa shape index (κ2) is 8.76. The van der Waals surface area contributed by atoms with Crippen LogP contribution in [-0.4, -0.2) is 54.1 Å². The number of aryl methyl sites for hydroxylation is 2. The van der Waals surface area contributed by atoms with Gasteiger partial charge in [0.2, 0.25) is 0 Å². The fourth-order valence-corrected chi connectivity index (χ4v) is 7.15. The number of anilines is 1. The van der Waals surface area contributed by atoms with Crippen LogP contribution >= 0.6 is 11.3 Å². The number of carbonyl (C=O) groups is 2. The Hall–Kier alpha value is -2.38. The molecule has 2 heterocycles.